The van der Waals surface area contributed by atoms with Crippen LogP contribution in [0.25, 0.3) is 11.1 Å². The lowest BCUT2D eigenvalue weighted by Gasteiger charge is -2.32. The van der Waals surface area contributed by atoms with Crippen LogP contribution in [0.3, 0.4) is 0 Å². The van der Waals surface area contributed by atoms with Crippen LogP contribution in [0, 0.1) is 13.8 Å². The molecule has 2 nitrogen and oxygen atoms in total. The summed E-state index contributed by atoms with van der Waals surface area (Å²) < 4.78 is 12.8. The zero-order chi connectivity index (χ0) is 36.1. The molecule has 0 saturated carbocycles. The van der Waals surface area contributed by atoms with Gasteiger partial charge in [0.1, 0.15) is 24.7 Å². The van der Waals surface area contributed by atoms with Gasteiger partial charge in [0.15, 0.2) is 8.07 Å². The molecule has 0 amide bonds. The second-order valence-electron chi connectivity index (χ2n) is 14.0. The number of aryl methyl sites for hydroxylation is 4. The number of fused-ring (bicyclic) bond motifs is 3. The first-order valence-corrected chi connectivity index (χ1v) is 21.3. The maximum atomic E-state index is 6.38. The SMILES string of the molecule is C=C/C=C/COc1cc2c(cc1C)[Si](c1ccc(CCCCCC)cc1)(c1ccc(CCCCCC)cc1)c1cc(C)c(OC/C=C/C=C)cc1-2. The summed E-state index contributed by atoms with van der Waals surface area (Å²) in [5, 5.41) is 5.72. The Labute approximate surface area is 309 Å². The Bertz CT molecular complexity index is 1670. The third kappa shape index (κ3) is 8.76. The maximum Gasteiger partial charge on any atom is 0.180 e. The van der Waals surface area contributed by atoms with Crippen molar-refractivity contribution in [2.24, 2.45) is 0 Å². The van der Waals surface area contributed by atoms with Crippen LogP contribution >= 0.6 is 0 Å². The molecule has 266 valence electrons. The minimum Gasteiger partial charge on any atom is -0.489 e. The van der Waals surface area contributed by atoms with Gasteiger partial charge in [-0.05, 0) is 118 Å². The number of unbranched alkanes of at least 4 members (excludes halogenated alkanes) is 6. The molecule has 0 bridgehead atoms. The highest BCUT2D eigenvalue weighted by Crippen LogP contribution is 2.36. The van der Waals surface area contributed by atoms with Crippen LogP contribution in [0.1, 0.15) is 87.5 Å². The average Bonchev–Trinajstić information content (AvgIpc) is 3.41. The first kappa shape index (κ1) is 37.9. The van der Waals surface area contributed by atoms with Gasteiger partial charge < -0.3 is 9.47 Å². The molecule has 0 aliphatic carbocycles. The third-order valence-electron chi connectivity index (χ3n) is 10.4. The molecule has 51 heavy (non-hydrogen) atoms. The van der Waals surface area contributed by atoms with E-state index >= 15 is 0 Å². The van der Waals surface area contributed by atoms with Crippen LogP contribution in [-0.4, -0.2) is 21.3 Å². The molecule has 1 aliphatic rings. The van der Waals surface area contributed by atoms with Crippen LogP contribution in [0.4, 0.5) is 0 Å². The zero-order valence-corrected chi connectivity index (χ0v) is 32.6. The molecule has 3 heteroatoms. The van der Waals surface area contributed by atoms with Crippen molar-refractivity contribution in [3.63, 3.8) is 0 Å². The smallest absolute Gasteiger partial charge is 0.180 e. The van der Waals surface area contributed by atoms with Crippen molar-refractivity contribution in [1.82, 2.24) is 0 Å². The van der Waals surface area contributed by atoms with Crippen molar-refractivity contribution in [3.8, 4) is 22.6 Å². The van der Waals surface area contributed by atoms with E-state index in [1.807, 2.05) is 24.3 Å². The Hall–Kier alpha value is -4.34. The Morgan fingerprint density at radius 2 is 0.961 bits per heavy atom. The summed E-state index contributed by atoms with van der Waals surface area (Å²) in [6.07, 6.45) is 23.9. The van der Waals surface area contributed by atoms with Crippen molar-refractivity contribution in [2.75, 3.05) is 13.2 Å². The molecule has 0 atom stereocenters. The number of hydrogen-bond donors (Lipinski definition) is 0. The van der Waals surface area contributed by atoms with Gasteiger partial charge in [-0.3, -0.25) is 0 Å². The Morgan fingerprint density at radius 1 is 0.549 bits per heavy atom. The minimum atomic E-state index is -2.72. The summed E-state index contributed by atoms with van der Waals surface area (Å²) in [7, 11) is -2.72. The monoisotopic (exact) mass is 694 g/mol. The fourth-order valence-corrected chi connectivity index (χ4v) is 12.9. The molecule has 0 radical (unpaired) electrons. The molecule has 1 aliphatic heterocycles. The van der Waals surface area contributed by atoms with E-state index in [1.54, 1.807) is 12.2 Å². The lowest BCUT2D eigenvalue weighted by molar-refractivity contribution is 0.360. The second kappa shape index (κ2) is 18.8. The van der Waals surface area contributed by atoms with E-state index in [2.05, 4.69) is 114 Å². The highest BCUT2D eigenvalue weighted by molar-refractivity contribution is 7.22. The maximum absolute atomic E-state index is 6.38. The molecule has 5 rings (SSSR count). The van der Waals surface area contributed by atoms with Crippen molar-refractivity contribution in [1.29, 1.82) is 0 Å². The summed E-state index contributed by atoms with van der Waals surface area (Å²) in [6.45, 7) is 17.6. The highest BCUT2D eigenvalue weighted by atomic mass is 28.3. The molecule has 1 heterocycles. The number of hydrogen-bond acceptors (Lipinski definition) is 2. The highest BCUT2D eigenvalue weighted by Gasteiger charge is 2.49. The van der Waals surface area contributed by atoms with Gasteiger partial charge in [0.05, 0.1) is 0 Å². The van der Waals surface area contributed by atoms with Crippen molar-refractivity contribution in [2.45, 2.75) is 91.9 Å². The quantitative estimate of drug-likeness (QED) is 0.0459. The lowest BCUT2D eigenvalue weighted by Crippen LogP contribution is -2.73. The van der Waals surface area contributed by atoms with E-state index in [-0.39, 0.29) is 0 Å². The van der Waals surface area contributed by atoms with Crippen molar-refractivity contribution in [3.05, 3.63) is 145 Å². The van der Waals surface area contributed by atoms with Crippen LogP contribution in [0.5, 0.6) is 11.5 Å². The molecule has 0 spiro atoms. The van der Waals surface area contributed by atoms with Crippen LogP contribution in [-0.2, 0) is 12.8 Å². The molecule has 0 fully saturated rings. The van der Waals surface area contributed by atoms with Gasteiger partial charge in [0, 0.05) is 0 Å². The number of rotatable bonds is 20. The molecular formula is C48H58O2Si. The molecule has 0 saturated heterocycles. The molecule has 4 aromatic carbocycles. The van der Waals surface area contributed by atoms with E-state index in [9.17, 15) is 0 Å². The first-order valence-electron chi connectivity index (χ1n) is 19.3. The van der Waals surface area contributed by atoms with Gasteiger partial charge in [0.25, 0.3) is 0 Å². The van der Waals surface area contributed by atoms with Crippen LogP contribution in [0.2, 0.25) is 0 Å². The Morgan fingerprint density at radius 3 is 1.33 bits per heavy atom. The molecule has 0 unspecified atom stereocenters. The third-order valence-corrected chi connectivity index (χ3v) is 15.2. The van der Waals surface area contributed by atoms with E-state index in [0.29, 0.717) is 13.2 Å². The number of allylic oxidation sites excluding steroid dienone is 4. The summed E-state index contributed by atoms with van der Waals surface area (Å²) in [4.78, 5) is 0. The van der Waals surface area contributed by atoms with E-state index in [0.717, 1.165) is 35.5 Å². The lowest BCUT2D eigenvalue weighted by atomic mass is 10.0. The average molecular weight is 695 g/mol. The van der Waals surface area contributed by atoms with Gasteiger partial charge in [0.2, 0.25) is 0 Å². The predicted octanol–water partition coefficient (Wildman–Crippen LogP) is 10.1. The molecule has 0 N–H and O–H groups in total. The summed E-state index contributed by atoms with van der Waals surface area (Å²) in [5.41, 5.74) is 7.69. The normalized spacial score (nSPS) is 13.0. The summed E-state index contributed by atoms with van der Waals surface area (Å²) in [6, 6.07) is 28.9. The Kier molecular flexibility index (Phi) is 13.9. The molecule has 0 aromatic heterocycles. The predicted molar refractivity (Wildman–Crippen MR) is 224 cm³/mol. The van der Waals surface area contributed by atoms with Gasteiger partial charge in [-0.2, -0.15) is 0 Å². The van der Waals surface area contributed by atoms with E-state index in [1.165, 1.54) is 94.4 Å². The largest absolute Gasteiger partial charge is 0.489 e. The zero-order valence-electron chi connectivity index (χ0n) is 31.6. The van der Waals surface area contributed by atoms with Gasteiger partial charge in [-0.1, -0.05) is 150 Å². The first-order chi connectivity index (χ1) is 25.0. The fraction of sp³-hybridized carbons (Fsp3) is 0.333. The standard InChI is InChI=1S/C48H58O2Si/c1-7-11-15-17-21-39-23-27-41(28-24-39)51(42-29-25-40(26-30-42)22-18-16-12-8-2)47-33-37(5)45(49-31-19-13-9-3)35-43(47)44-36-46(38(6)34-48(44)51)50-32-20-14-10-4/h9-10,13-14,19-20,23-30,33-36H,3-4,7-8,11-12,15-18,21-22,31-32H2,1-2,5-6H3/b19-13+,20-14+. The van der Waals surface area contributed by atoms with Gasteiger partial charge >= 0.3 is 0 Å². The second-order valence-corrected chi connectivity index (χ2v) is 17.8. The van der Waals surface area contributed by atoms with Crippen LogP contribution in [0.15, 0.2) is 122 Å². The van der Waals surface area contributed by atoms with E-state index < -0.39 is 8.07 Å². The van der Waals surface area contributed by atoms with Crippen molar-refractivity contribution < 1.29 is 9.47 Å². The fourth-order valence-electron chi connectivity index (χ4n) is 7.62. The van der Waals surface area contributed by atoms with Crippen LogP contribution < -0.4 is 30.2 Å². The van der Waals surface area contributed by atoms with Gasteiger partial charge in [-0.15, -0.1) is 0 Å². The topological polar surface area (TPSA) is 18.5 Å². The summed E-state index contributed by atoms with van der Waals surface area (Å²) in [5.74, 6) is 1.83. The number of ether oxygens (including phenoxy) is 2. The number of benzene rings is 4. The molecule has 4 aromatic rings. The summed E-state index contributed by atoms with van der Waals surface area (Å²) >= 11 is 0. The molecular weight excluding hydrogens is 637 g/mol. The van der Waals surface area contributed by atoms with E-state index in [4.69, 9.17) is 9.47 Å². The van der Waals surface area contributed by atoms with Gasteiger partial charge in [-0.25, -0.2) is 0 Å². The van der Waals surface area contributed by atoms with Crippen molar-refractivity contribution >= 4 is 28.8 Å². The Balaban J connectivity index is 1.70. The minimum absolute atomic E-state index is 0.498.